The highest BCUT2D eigenvalue weighted by Gasteiger charge is 2.37. The second-order valence-corrected chi connectivity index (χ2v) is 11.8. The van der Waals surface area contributed by atoms with Crippen LogP contribution in [0.25, 0.3) is 0 Å². The number of methoxy groups -OCH3 is 1. The Hall–Kier alpha value is -4.33. The van der Waals surface area contributed by atoms with Crippen LogP contribution in [0.5, 0.6) is 5.75 Å². The Morgan fingerprint density at radius 2 is 1.60 bits per heavy atom. The third kappa shape index (κ3) is 9.87. The van der Waals surface area contributed by atoms with Gasteiger partial charge in [-0.15, -0.1) is 0 Å². The third-order valence-electron chi connectivity index (χ3n) is 6.95. The normalized spacial score (nSPS) is 12.5. The average Bonchev–Trinajstić information content (AvgIpc) is 2.96. The van der Waals surface area contributed by atoms with E-state index in [2.05, 4.69) is 10.6 Å². The smallest absolute Gasteiger partial charge is 0.408 e. The molecule has 3 amide bonds. The molecule has 230 valence electrons. The summed E-state index contributed by atoms with van der Waals surface area (Å²) in [5, 5.41) is 5.82. The summed E-state index contributed by atoms with van der Waals surface area (Å²) in [6.07, 6.45) is 1.03. The fourth-order valence-electron chi connectivity index (χ4n) is 4.78. The minimum absolute atomic E-state index is 0.237. The van der Waals surface area contributed by atoms with Crippen LogP contribution in [0.4, 0.5) is 10.5 Å². The van der Waals surface area contributed by atoms with Gasteiger partial charge in [0.15, 0.2) is 0 Å². The van der Waals surface area contributed by atoms with Gasteiger partial charge in [-0.2, -0.15) is 0 Å². The second kappa shape index (κ2) is 15.2. The first-order valence-electron chi connectivity index (χ1n) is 14.8. The van der Waals surface area contributed by atoms with Crippen LogP contribution in [0.3, 0.4) is 0 Å². The molecule has 0 saturated heterocycles. The van der Waals surface area contributed by atoms with Gasteiger partial charge in [0.25, 0.3) is 5.91 Å². The SMILES string of the molecule is CCCCN(C(=O)C(Cc1ccccc1)NC(=O)OC(C)(C)C)C(C(=O)Nc1ccc(OC)cc1)c1cc(C)ccc1C. The fourth-order valence-corrected chi connectivity index (χ4v) is 4.78. The maximum atomic E-state index is 14.6. The number of hydrogen-bond acceptors (Lipinski definition) is 5. The summed E-state index contributed by atoms with van der Waals surface area (Å²) in [6, 6.07) is 20.5. The lowest BCUT2D eigenvalue weighted by atomic mass is 9.95. The van der Waals surface area contributed by atoms with Crippen molar-refractivity contribution in [1.29, 1.82) is 0 Å². The van der Waals surface area contributed by atoms with Gasteiger partial charge in [-0.05, 0) is 82.0 Å². The van der Waals surface area contributed by atoms with Crippen LogP contribution in [0.2, 0.25) is 0 Å². The van der Waals surface area contributed by atoms with Crippen LogP contribution in [-0.4, -0.2) is 48.1 Å². The monoisotopic (exact) mass is 587 g/mol. The first kappa shape index (κ1) is 33.2. The van der Waals surface area contributed by atoms with Crippen LogP contribution in [0.1, 0.15) is 68.8 Å². The fraction of sp³-hybridized carbons (Fsp3) is 0.400. The topological polar surface area (TPSA) is 97.0 Å². The number of alkyl carbamates (subject to hydrolysis) is 1. The van der Waals surface area contributed by atoms with Crippen LogP contribution in [0.15, 0.2) is 72.8 Å². The van der Waals surface area contributed by atoms with E-state index in [0.717, 1.165) is 28.7 Å². The van der Waals surface area contributed by atoms with Crippen molar-refractivity contribution in [3.8, 4) is 5.75 Å². The Labute approximate surface area is 255 Å². The Morgan fingerprint density at radius 1 is 0.930 bits per heavy atom. The summed E-state index contributed by atoms with van der Waals surface area (Å²) < 4.78 is 10.8. The van der Waals surface area contributed by atoms with Crippen molar-refractivity contribution in [1.82, 2.24) is 10.2 Å². The first-order chi connectivity index (χ1) is 20.4. The number of nitrogens with zero attached hydrogens (tertiary/aromatic N) is 1. The van der Waals surface area contributed by atoms with Gasteiger partial charge in [0, 0.05) is 18.7 Å². The molecule has 3 rings (SSSR count). The van der Waals surface area contributed by atoms with E-state index in [4.69, 9.17) is 9.47 Å². The largest absolute Gasteiger partial charge is 0.497 e. The predicted octanol–water partition coefficient (Wildman–Crippen LogP) is 6.76. The van der Waals surface area contributed by atoms with E-state index >= 15 is 0 Å². The molecule has 0 heterocycles. The zero-order chi connectivity index (χ0) is 31.6. The number of carbonyl (C=O) groups excluding carboxylic acids is 3. The van der Waals surface area contributed by atoms with Gasteiger partial charge >= 0.3 is 6.09 Å². The maximum Gasteiger partial charge on any atom is 0.408 e. The molecule has 0 spiro atoms. The van der Waals surface area contributed by atoms with Crippen molar-refractivity contribution in [3.63, 3.8) is 0 Å². The summed E-state index contributed by atoms with van der Waals surface area (Å²) in [7, 11) is 1.58. The number of benzene rings is 3. The molecule has 0 aliphatic heterocycles. The number of carbonyl (C=O) groups is 3. The molecular formula is C35H45N3O5. The standard InChI is InChI=1S/C35H45N3O5/c1-8-9-21-38(33(40)30(23-26-13-11-10-12-14-26)37-34(41)43-35(4,5)6)31(29-22-24(2)15-16-25(29)3)32(39)36-27-17-19-28(42-7)20-18-27/h10-20,22,30-31H,8-9,21,23H2,1-7H3,(H,36,39)(H,37,41). The van der Waals surface area contributed by atoms with E-state index in [1.807, 2.05) is 69.3 Å². The molecular weight excluding hydrogens is 542 g/mol. The van der Waals surface area contributed by atoms with Gasteiger partial charge in [0.2, 0.25) is 5.91 Å². The molecule has 2 atom stereocenters. The predicted molar refractivity (Wildman–Crippen MR) is 170 cm³/mol. The van der Waals surface area contributed by atoms with Crippen molar-refractivity contribution in [2.24, 2.45) is 0 Å². The number of unbranched alkanes of at least 4 members (excludes halogenated alkanes) is 1. The number of aryl methyl sites for hydroxylation is 2. The second-order valence-electron chi connectivity index (χ2n) is 11.8. The molecule has 43 heavy (non-hydrogen) atoms. The quantitative estimate of drug-likeness (QED) is 0.244. The highest BCUT2D eigenvalue weighted by atomic mass is 16.6. The lowest BCUT2D eigenvalue weighted by molar-refractivity contribution is -0.140. The van der Waals surface area contributed by atoms with Crippen LogP contribution in [-0.2, 0) is 20.7 Å². The van der Waals surface area contributed by atoms with E-state index in [1.165, 1.54) is 0 Å². The molecule has 2 N–H and O–H groups in total. The molecule has 0 aliphatic carbocycles. The molecule has 2 unspecified atom stereocenters. The van der Waals surface area contributed by atoms with Gasteiger partial charge in [-0.3, -0.25) is 9.59 Å². The summed E-state index contributed by atoms with van der Waals surface area (Å²) in [5.41, 5.74) is 3.29. The highest BCUT2D eigenvalue weighted by Crippen LogP contribution is 2.29. The van der Waals surface area contributed by atoms with Gasteiger partial charge in [-0.25, -0.2) is 4.79 Å². The van der Waals surface area contributed by atoms with Crippen LogP contribution >= 0.6 is 0 Å². The molecule has 3 aromatic carbocycles. The Morgan fingerprint density at radius 3 is 2.21 bits per heavy atom. The lowest BCUT2D eigenvalue weighted by Crippen LogP contribution is -2.53. The van der Waals surface area contributed by atoms with Gasteiger partial charge < -0.3 is 25.0 Å². The van der Waals surface area contributed by atoms with E-state index in [1.54, 1.807) is 57.0 Å². The third-order valence-corrected chi connectivity index (χ3v) is 6.95. The van der Waals surface area contributed by atoms with Crippen LogP contribution in [0, 0.1) is 13.8 Å². The zero-order valence-electron chi connectivity index (χ0n) is 26.4. The molecule has 8 nitrogen and oxygen atoms in total. The number of nitrogens with one attached hydrogen (secondary N) is 2. The Balaban J connectivity index is 2.08. The lowest BCUT2D eigenvalue weighted by Gasteiger charge is -2.35. The van der Waals surface area contributed by atoms with Crippen molar-refractivity contribution >= 4 is 23.6 Å². The average molecular weight is 588 g/mol. The minimum Gasteiger partial charge on any atom is -0.497 e. The van der Waals surface area contributed by atoms with Crippen molar-refractivity contribution in [3.05, 3.63) is 95.1 Å². The molecule has 0 aromatic heterocycles. The van der Waals surface area contributed by atoms with Crippen LogP contribution < -0.4 is 15.4 Å². The Bertz CT molecular complexity index is 1370. The molecule has 0 aliphatic rings. The Kier molecular flexibility index (Phi) is 11.8. The molecule has 0 saturated carbocycles. The van der Waals surface area contributed by atoms with Gasteiger partial charge in [-0.1, -0.05) is 67.4 Å². The highest BCUT2D eigenvalue weighted by molar-refractivity contribution is 5.99. The molecule has 3 aromatic rings. The number of rotatable bonds is 12. The molecule has 0 bridgehead atoms. The minimum atomic E-state index is -0.962. The number of ether oxygens (including phenoxy) is 2. The molecule has 0 fully saturated rings. The number of anilines is 1. The van der Waals surface area contributed by atoms with Crippen molar-refractivity contribution in [2.75, 3.05) is 19.0 Å². The van der Waals surface area contributed by atoms with Gasteiger partial charge in [0.1, 0.15) is 23.4 Å². The summed E-state index contributed by atoms with van der Waals surface area (Å²) in [4.78, 5) is 43.3. The molecule has 0 radical (unpaired) electrons. The molecule has 8 heteroatoms. The maximum absolute atomic E-state index is 14.6. The summed E-state index contributed by atoms with van der Waals surface area (Å²) in [6.45, 7) is 11.6. The van der Waals surface area contributed by atoms with E-state index in [-0.39, 0.29) is 18.2 Å². The number of amides is 3. The zero-order valence-corrected chi connectivity index (χ0v) is 26.4. The van der Waals surface area contributed by atoms with E-state index < -0.39 is 23.8 Å². The first-order valence-corrected chi connectivity index (χ1v) is 14.8. The van der Waals surface area contributed by atoms with Gasteiger partial charge in [0.05, 0.1) is 7.11 Å². The van der Waals surface area contributed by atoms with Crippen molar-refractivity contribution < 1.29 is 23.9 Å². The summed E-state index contributed by atoms with van der Waals surface area (Å²) >= 11 is 0. The summed E-state index contributed by atoms with van der Waals surface area (Å²) in [5.74, 6) is -0.0428. The van der Waals surface area contributed by atoms with E-state index in [0.29, 0.717) is 24.4 Å². The van der Waals surface area contributed by atoms with Crippen molar-refractivity contribution in [2.45, 2.75) is 78.5 Å². The van der Waals surface area contributed by atoms with E-state index in [9.17, 15) is 14.4 Å². The number of hydrogen-bond donors (Lipinski definition) is 2.